The second-order valence-electron chi connectivity index (χ2n) is 2.90. The van der Waals surface area contributed by atoms with Crippen molar-refractivity contribution in [1.29, 1.82) is 0 Å². The highest BCUT2D eigenvalue weighted by atomic mass is 16.6. The molecule has 0 aromatic heterocycles. The van der Waals surface area contributed by atoms with Crippen molar-refractivity contribution >= 4 is 0 Å². The van der Waals surface area contributed by atoms with Crippen LogP contribution in [0, 0.1) is 0 Å². The quantitative estimate of drug-likeness (QED) is 0.635. The zero-order valence-electron chi connectivity index (χ0n) is 7.22. The van der Waals surface area contributed by atoms with Crippen LogP contribution in [-0.2, 0) is 9.47 Å². The molecular formula is C9H13NO2. The SMILES string of the molecule is CNC1=CC2=C(CC1)OCCO2. The number of hydrogen-bond acceptors (Lipinski definition) is 3. The molecule has 1 N–H and O–H groups in total. The summed E-state index contributed by atoms with van der Waals surface area (Å²) >= 11 is 0. The molecule has 0 spiro atoms. The Morgan fingerprint density at radius 2 is 2.08 bits per heavy atom. The van der Waals surface area contributed by atoms with Crippen LogP contribution in [-0.4, -0.2) is 20.3 Å². The van der Waals surface area contributed by atoms with E-state index in [1.54, 1.807) is 0 Å². The molecule has 0 saturated carbocycles. The van der Waals surface area contributed by atoms with Crippen molar-refractivity contribution < 1.29 is 9.47 Å². The summed E-state index contributed by atoms with van der Waals surface area (Å²) in [5, 5.41) is 3.13. The standard InChI is InChI=1S/C9H13NO2/c1-10-7-2-3-8-9(6-7)12-5-4-11-8/h6,10H,2-5H2,1H3. The Labute approximate surface area is 72.0 Å². The highest BCUT2D eigenvalue weighted by molar-refractivity contribution is 5.26. The molecule has 0 bridgehead atoms. The third-order valence-corrected chi connectivity index (χ3v) is 2.14. The van der Waals surface area contributed by atoms with Crippen molar-refractivity contribution in [3.63, 3.8) is 0 Å². The monoisotopic (exact) mass is 167 g/mol. The van der Waals surface area contributed by atoms with Gasteiger partial charge < -0.3 is 14.8 Å². The molecule has 0 unspecified atom stereocenters. The van der Waals surface area contributed by atoms with E-state index in [2.05, 4.69) is 5.32 Å². The summed E-state index contributed by atoms with van der Waals surface area (Å²) in [6.45, 7) is 1.37. The summed E-state index contributed by atoms with van der Waals surface area (Å²) in [5.74, 6) is 1.93. The van der Waals surface area contributed by atoms with E-state index in [-0.39, 0.29) is 0 Å². The van der Waals surface area contributed by atoms with Crippen LogP contribution in [0.3, 0.4) is 0 Å². The van der Waals surface area contributed by atoms with Gasteiger partial charge in [-0.2, -0.15) is 0 Å². The molecule has 0 fully saturated rings. The Hall–Kier alpha value is -1.12. The number of rotatable bonds is 1. The second-order valence-corrected chi connectivity index (χ2v) is 2.90. The summed E-state index contributed by atoms with van der Waals surface area (Å²) in [6.07, 6.45) is 4.01. The first-order valence-corrected chi connectivity index (χ1v) is 4.27. The number of nitrogens with one attached hydrogen (secondary N) is 1. The third kappa shape index (κ3) is 1.26. The van der Waals surface area contributed by atoms with E-state index in [9.17, 15) is 0 Å². The Morgan fingerprint density at radius 1 is 1.25 bits per heavy atom. The zero-order chi connectivity index (χ0) is 8.39. The van der Waals surface area contributed by atoms with Crippen molar-refractivity contribution in [3.8, 4) is 0 Å². The molecule has 0 saturated heterocycles. The fourth-order valence-electron chi connectivity index (χ4n) is 1.46. The van der Waals surface area contributed by atoms with Gasteiger partial charge in [-0.3, -0.25) is 0 Å². The molecule has 1 aliphatic heterocycles. The maximum absolute atomic E-state index is 5.46. The van der Waals surface area contributed by atoms with Crippen molar-refractivity contribution in [2.75, 3.05) is 20.3 Å². The summed E-state index contributed by atoms with van der Waals surface area (Å²) in [5.41, 5.74) is 1.22. The van der Waals surface area contributed by atoms with Crippen LogP contribution < -0.4 is 5.32 Å². The summed E-state index contributed by atoms with van der Waals surface area (Å²) in [6, 6.07) is 0. The predicted octanol–water partition coefficient (Wildman–Crippen LogP) is 1.14. The van der Waals surface area contributed by atoms with Crippen molar-refractivity contribution in [2.24, 2.45) is 0 Å². The predicted molar refractivity (Wildman–Crippen MR) is 45.3 cm³/mol. The van der Waals surface area contributed by atoms with Gasteiger partial charge in [0.2, 0.25) is 0 Å². The molecule has 1 aliphatic carbocycles. The Kier molecular flexibility index (Phi) is 1.94. The van der Waals surface area contributed by atoms with E-state index < -0.39 is 0 Å². The van der Waals surface area contributed by atoms with Crippen LogP contribution in [0.1, 0.15) is 12.8 Å². The average Bonchev–Trinajstić information content (AvgIpc) is 2.17. The van der Waals surface area contributed by atoms with Crippen LogP contribution in [0.2, 0.25) is 0 Å². The fourth-order valence-corrected chi connectivity index (χ4v) is 1.46. The van der Waals surface area contributed by atoms with Gasteiger partial charge in [-0.15, -0.1) is 0 Å². The lowest BCUT2D eigenvalue weighted by molar-refractivity contribution is 0.0622. The Bertz CT molecular complexity index is 243. The van der Waals surface area contributed by atoms with Crippen molar-refractivity contribution in [1.82, 2.24) is 5.32 Å². The molecule has 0 atom stereocenters. The minimum atomic E-state index is 0.673. The molecule has 0 aromatic rings. The molecule has 2 rings (SSSR count). The maximum atomic E-state index is 5.46. The first-order valence-electron chi connectivity index (χ1n) is 4.27. The largest absolute Gasteiger partial charge is 0.491 e. The molecule has 66 valence electrons. The molecule has 12 heavy (non-hydrogen) atoms. The van der Waals surface area contributed by atoms with E-state index in [0.717, 1.165) is 24.4 Å². The van der Waals surface area contributed by atoms with Crippen molar-refractivity contribution in [2.45, 2.75) is 12.8 Å². The van der Waals surface area contributed by atoms with Gasteiger partial charge in [0, 0.05) is 25.2 Å². The van der Waals surface area contributed by atoms with E-state index in [1.807, 2.05) is 13.1 Å². The van der Waals surface area contributed by atoms with Crippen LogP contribution >= 0.6 is 0 Å². The van der Waals surface area contributed by atoms with Crippen molar-refractivity contribution in [3.05, 3.63) is 23.3 Å². The molecule has 0 amide bonds. The van der Waals surface area contributed by atoms with Gasteiger partial charge >= 0.3 is 0 Å². The summed E-state index contributed by atoms with van der Waals surface area (Å²) in [4.78, 5) is 0. The molecule has 3 heteroatoms. The molecule has 3 nitrogen and oxygen atoms in total. The molecular weight excluding hydrogens is 154 g/mol. The number of hydrogen-bond donors (Lipinski definition) is 1. The molecule has 1 heterocycles. The highest BCUT2D eigenvalue weighted by Gasteiger charge is 2.18. The number of allylic oxidation sites excluding steroid dienone is 3. The van der Waals surface area contributed by atoms with Gasteiger partial charge in [-0.25, -0.2) is 0 Å². The number of ether oxygens (including phenoxy) is 2. The Morgan fingerprint density at radius 3 is 2.92 bits per heavy atom. The molecule has 0 radical (unpaired) electrons. The van der Waals surface area contributed by atoms with Crippen LogP contribution in [0.25, 0.3) is 0 Å². The minimum absolute atomic E-state index is 0.673. The van der Waals surface area contributed by atoms with Gasteiger partial charge in [-0.1, -0.05) is 0 Å². The fraction of sp³-hybridized carbons (Fsp3) is 0.556. The lowest BCUT2D eigenvalue weighted by atomic mass is 10.1. The van der Waals surface area contributed by atoms with Crippen LogP contribution in [0.5, 0.6) is 0 Å². The highest BCUT2D eigenvalue weighted by Crippen LogP contribution is 2.26. The normalized spacial score (nSPS) is 21.9. The molecule has 2 aliphatic rings. The van der Waals surface area contributed by atoms with E-state index in [4.69, 9.17) is 9.47 Å². The average molecular weight is 167 g/mol. The van der Waals surface area contributed by atoms with E-state index >= 15 is 0 Å². The zero-order valence-corrected chi connectivity index (χ0v) is 7.22. The lowest BCUT2D eigenvalue weighted by Gasteiger charge is -2.24. The topological polar surface area (TPSA) is 30.5 Å². The summed E-state index contributed by atoms with van der Waals surface area (Å²) in [7, 11) is 1.93. The third-order valence-electron chi connectivity index (χ3n) is 2.14. The smallest absolute Gasteiger partial charge is 0.158 e. The summed E-state index contributed by atoms with van der Waals surface area (Å²) < 4.78 is 10.9. The maximum Gasteiger partial charge on any atom is 0.158 e. The second kappa shape index (κ2) is 3.09. The minimum Gasteiger partial charge on any atom is -0.491 e. The van der Waals surface area contributed by atoms with Gasteiger partial charge in [0.05, 0.1) is 0 Å². The Balaban J connectivity index is 2.20. The lowest BCUT2D eigenvalue weighted by Crippen LogP contribution is -2.18. The van der Waals surface area contributed by atoms with Crippen LogP contribution in [0.4, 0.5) is 0 Å². The van der Waals surface area contributed by atoms with E-state index in [1.165, 1.54) is 5.70 Å². The van der Waals surface area contributed by atoms with Gasteiger partial charge in [0.1, 0.15) is 19.0 Å². The van der Waals surface area contributed by atoms with Gasteiger partial charge in [0.15, 0.2) is 5.76 Å². The van der Waals surface area contributed by atoms with Crippen LogP contribution in [0.15, 0.2) is 23.3 Å². The molecule has 0 aromatic carbocycles. The van der Waals surface area contributed by atoms with Gasteiger partial charge in [0.25, 0.3) is 0 Å². The van der Waals surface area contributed by atoms with E-state index in [0.29, 0.717) is 13.2 Å². The first-order chi connectivity index (χ1) is 5.90. The van der Waals surface area contributed by atoms with Gasteiger partial charge in [-0.05, 0) is 6.42 Å². The first kappa shape index (κ1) is 7.53.